The molecule has 2 rings (SSSR count). The number of amides is 1. The first-order valence-electron chi connectivity index (χ1n) is 5.03. The molecule has 0 saturated carbocycles. The summed E-state index contributed by atoms with van der Waals surface area (Å²) >= 11 is 0. The molecule has 6 nitrogen and oxygen atoms in total. The van der Waals surface area contributed by atoms with Crippen molar-refractivity contribution in [2.24, 2.45) is 13.0 Å². The van der Waals surface area contributed by atoms with E-state index in [-0.39, 0.29) is 12.3 Å². The van der Waals surface area contributed by atoms with Crippen LogP contribution in [0.2, 0.25) is 0 Å². The molecule has 1 N–H and O–H groups in total. The lowest BCUT2D eigenvalue weighted by Crippen LogP contribution is -2.26. The number of aliphatic carboxylic acids is 1. The monoisotopic (exact) mass is 223 g/mol. The standard InChI is InChI=1S/C10H13N3O3/c1-12-6-11-3-8(12)5-13-4-7(10(15)16)2-9(13)14/h3,6-7H,2,4-5H2,1H3,(H,15,16). The van der Waals surface area contributed by atoms with Crippen molar-refractivity contribution in [2.45, 2.75) is 13.0 Å². The lowest BCUT2D eigenvalue weighted by atomic mass is 10.1. The third kappa shape index (κ3) is 1.91. The van der Waals surface area contributed by atoms with E-state index in [0.717, 1.165) is 5.69 Å². The molecule has 1 unspecified atom stereocenters. The molecule has 1 aliphatic rings. The summed E-state index contributed by atoms with van der Waals surface area (Å²) in [6, 6.07) is 0. The second kappa shape index (κ2) is 3.96. The molecule has 6 heteroatoms. The van der Waals surface area contributed by atoms with E-state index < -0.39 is 11.9 Å². The highest BCUT2D eigenvalue weighted by molar-refractivity contribution is 5.85. The number of carbonyl (C=O) groups excluding carboxylic acids is 1. The molecule has 0 bridgehead atoms. The molecule has 1 aliphatic heterocycles. The second-order valence-electron chi connectivity index (χ2n) is 4.01. The summed E-state index contributed by atoms with van der Waals surface area (Å²) in [5.41, 5.74) is 0.902. The first-order chi connectivity index (χ1) is 7.58. The zero-order chi connectivity index (χ0) is 11.7. The maximum Gasteiger partial charge on any atom is 0.308 e. The maximum atomic E-state index is 11.6. The van der Waals surface area contributed by atoms with Crippen molar-refractivity contribution in [2.75, 3.05) is 6.54 Å². The normalized spacial score (nSPS) is 20.4. The van der Waals surface area contributed by atoms with Crippen LogP contribution in [-0.4, -0.2) is 38.0 Å². The van der Waals surface area contributed by atoms with E-state index in [1.54, 1.807) is 17.4 Å². The van der Waals surface area contributed by atoms with Crippen molar-refractivity contribution in [3.8, 4) is 0 Å². The summed E-state index contributed by atoms with van der Waals surface area (Å²) < 4.78 is 1.82. The van der Waals surface area contributed by atoms with Crippen LogP contribution in [0.15, 0.2) is 12.5 Å². The van der Waals surface area contributed by atoms with Crippen molar-refractivity contribution in [1.82, 2.24) is 14.5 Å². The van der Waals surface area contributed by atoms with Gasteiger partial charge in [-0.05, 0) is 0 Å². The zero-order valence-electron chi connectivity index (χ0n) is 8.96. The average Bonchev–Trinajstić information content (AvgIpc) is 2.76. The predicted molar refractivity (Wildman–Crippen MR) is 54.4 cm³/mol. The number of hydrogen-bond acceptors (Lipinski definition) is 3. The van der Waals surface area contributed by atoms with Gasteiger partial charge >= 0.3 is 5.97 Å². The number of carboxylic acids is 1. The van der Waals surface area contributed by atoms with Crippen LogP contribution in [-0.2, 0) is 23.2 Å². The van der Waals surface area contributed by atoms with Crippen molar-refractivity contribution in [3.05, 3.63) is 18.2 Å². The molecule has 1 fully saturated rings. The Bertz CT molecular complexity index is 427. The Morgan fingerprint density at radius 3 is 2.94 bits per heavy atom. The smallest absolute Gasteiger partial charge is 0.308 e. The molecular formula is C10H13N3O3. The fraction of sp³-hybridized carbons (Fsp3) is 0.500. The summed E-state index contributed by atoms with van der Waals surface area (Å²) in [7, 11) is 1.84. The highest BCUT2D eigenvalue weighted by Gasteiger charge is 2.34. The SMILES string of the molecule is Cn1cncc1CN1CC(C(=O)O)CC1=O. The summed E-state index contributed by atoms with van der Waals surface area (Å²) in [5.74, 6) is -1.57. The van der Waals surface area contributed by atoms with Crippen LogP contribution in [0, 0.1) is 5.92 Å². The predicted octanol–water partition coefficient (Wildman–Crippen LogP) is -0.147. The van der Waals surface area contributed by atoms with Crippen molar-refractivity contribution < 1.29 is 14.7 Å². The Kier molecular flexibility index (Phi) is 2.64. The highest BCUT2D eigenvalue weighted by atomic mass is 16.4. The van der Waals surface area contributed by atoms with Gasteiger partial charge < -0.3 is 14.6 Å². The van der Waals surface area contributed by atoms with Crippen LogP contribution in [0.4, 0.5) is 0 Å². The van der Waals surface area contributed by atoms with Crippen molar-refractivity contribution in [1.29, 1.82) is 0 Å². The van der Waals surface area contributed by atoms with Crippen molar-refractivity contribution >= 4 is 11.9 Å². The minimum atomic E-state index is -0.902. The number of rotatable bonds is 3. The summed E-state index contributed by atoms with van der Waals surface area (Å²) in [5, 5.41) is 8.83. The first-order valence-corrected chi connectivity index (χ1v) is 5.03. The number of carbonyl (C=O) groups is 2. The van der Waals surface area contributed by atoms with Crippen molar-refractivity contribution in [3.63, 3.8) is 0 Å². The number of hydrogen-bond donors (Lipinski definition) is 1. The summed E-state index contributed by atoms with van der Waals surface area (Å²) in [6.45, 7) is 0.721. The average molecular weight is 223 g/mol. The van der Waals surface area contributed by atoms with Gasteiger partial charge in [0.2, 0.25) is 5.91 Å². The van der Waals surface area contributed by atoms with Gasteiger partial charge in [0.25, 0.3) is 0 Å². The Labute approximate surface area is 92.5 Å². The molecule has 1 aromatic rings. The van der Waals surface area contributed by atoms with Gasteiger partial charge in [0.05, 0.1) is 24.5 Å². The quantitative estimate of drug-likeness (QED) is 0.773. The molecule has 86 valence electrons. The molecule has 0 radical (unpaired) electrons. The van der Waals surface area contributed by atoms with Gasteiger partial charge in [-0.2, -0.15) is 0 Å². The molecule has 16 heavy (non-hydrogen) atoms. The summed E-state index contributed by atoms with van der Waals surface area (Å²) in [4.78, 5) is 27.8. The number of nitrogens with zero attached hydrogens (tertiary/aromatic N) is 3. The van der Waals surface area contributed by atoms with Crippen LogP contribution in [0.1, 0.15) is 12.1 Å². The lowest BCUT2D eigenvalue weighted by molar-refractivity contribution is -0.141. The minimum absolute atomic E-state index is 0.103. The Morgan fingerprint density at radius 2 is 2.44 bits per heavy atom. The van der Waals surface area contributed by atoms with Crippen LogP contribution in [0.25, 0.3) is 0 Å². The second-order valence-corrected chi connectivity index (χ2v) is 4.01. The Balaban J connectivity index is 2.04. The highest BCUT2D eigenvalue weighted by Crippen LogP contribution is 2.19. The molecule has 1 atom stereocenters. The third-order valence-electron chi connectivity index (χ3n) is 2.83. The van der Waals surface area contributed by atoms with E-state index in [1.807, 2.05) is 11.6 Å². The Hall–Kier alpha value is -1.85. The Morgan fingerprint density at radius 1 is 1.69 bits per heavy atom. The van der Waals surface area contributed by atoms with Gasteiger partial charge in [-0.15, -0.1) is 0 Å². The topological polar surface area (TPSA) is 75.4 Å². The number of aryl methyl sites for hydroxylation is 1. The maximum absolute atomic E-state index is 11.6. The van der Waals surface area contributed by atoms with Crippen LogP contribution in [0.3, 0.4) is 0 Å². The van der Waals surface area contributed by atoms with Gasteiger partial charge in [-0.3, -0.25) is 9.59 Å². The number of carboxylic acid groups (broad SMARTS) is 1. The van der Waals surface area contributed by atoms with E-state index >= 15 is 0 Å². The number of likely N-dealkylation sites (tertiary alicyclic amines) is 1. The largest absolute Gasteiger partial charge is 0.481 e. The molecule has 1 aromatic heterocycles. The number of aromatic nitrogens is 2. The van der Waals surface area contributed by atoms with E-state index in [0.29, 0.717) is 13.1 Å². The first kappa shape index (κ1) is 10.7. The minimum Gasteiger partial charge on any atom is -0.481 e. The van der Waals surface area contributed by atoms with E-state index in [1.165, 1.54) is 0 Å². The molecule has 1 amide bonds. The number of imidazole rings is 1. The van der Waals surface area contributed by atoms with Crippen LogP contribution >= 0.6 is 0 Å². The fourth-order valence-electron chi connectivity index (χ4n) is 1.82. The van der Waals surface area contributed by atoms with Gasteiger partial charge in [0.15, 0.2) is 0 Å². The fourth-order valence-corrected chi connectivity index (χ4v) is 1.82. The van der Waals surface area contributed by atoms with E-state index in [9.17, 15) is 9.59 Å². The molecule has 0 aliphatic carbocycles. The van der Waals surface area contributed by atoms with Gasteiger partial charge in [-0.1, -0.05) is 0 Å². The molecular weight excluding hydrogens is 210 g/mol. The third-order valence-corrected chi connectivity index (χ3v) is 2.83. The van der Waals surface area contributed by atoms with E-state index in [4.69, 9.17) is 5.11 Å². The zero-order valence-corrected chi connectivity index (χ0v) is 8.96. The summed E-state index contributed by atoms with van der Waals surface area (Å²) in [6.07, 6.45) is 3.44. The molecule has 1 saturated heterocycles. The molecule has 0 spiro atoms. The van der Waals surface area contributed by atoms with Crippen LogP contribution in [0.5, 0.6) is 0 Å². The van der Waals surface area contributed by atoms with Crippen LogP contribution < -0.4 is 0 Å². The van der Waals surface area contributed by atoms with Gasteiger partial charge in [0, 0.05) is 26.2 Å². The van der Waals surface area contributed by atoms with Gasteiger partial charge in [0.1, 0.15) is 0 Å². The van der Waals surface area contributed by atoms with Gasteiger partial charge in [-0.25, -0.2) is 4.98 Å². The molecule has 2 heterocycles. The molecule has 0 aromatic carbocycles. The lowest BCUT2D eigenvalue weighted by Gasteiger charge is -2.15. The van der Waals surface area contributed by atoms with E-state index in [2.05, 4.69) is 4.98 Å².